The van der Waals surface area contributed by atoms with Crippen LogP contribution in [0.25, 0.3) is 10.8 Å². The summed E-state index contributed by atoms with van der Waals surface area (Å²) in [7, 11) is 1.93. The van der Waals surface area contributed by atoms with Crippen LogP contribution in [0.1, 0.15) is 11.4 Å². The summed E-state index contributed by atoms with van der Waals surface area (Å²) in [6, 6.07) is 24.2. The molecule has 0 spiro atoms. The van der Waals surface area contributed by atoms with Crippen LogP contribution >= 0.6 is 11.8 Å². The van der Waals surface area contributed by atoms with Crippen molar-refractivity contribution in [1.29, 1.82) is 0 Å². The van der Waals surface area contributed by atoms with E-state index < -0.39 is 0 Å². The highest BCUT2D eigenvalue weighted by atomic mass is 32.2. The van der Waals surface area contributed by atoms with Gasteiger partial charge >= 0.3 is 0 Å². The van der Waals surface area contributed by atoms with Crippen LogP contribution in [0.5, 0.6) is 0 Å². The second-order valence-electron chi connectivity index (χ2n) is 6.52. The SMILES string of the molecule is Cn1c(Cc2ccccc2)nnc1SCC(=O)Nc1ccc2ccccc2c1. The third-order valence-corrected chi connectivity index (χ3v) is 5.52. The Kier molecular flexibility index (Phi) is 5.39. The number of anilines is 1. The van der Waals surface area contributed by atoms with Gasteiger partial charge < -0.3 is 9.88 Å². The van der Waals surface area contributed by atoms with E-state index in [1.165, 1.54) is 17.3 Å². The first-order valence-corrected chi connectivity index (χ1v) is 10.0. The van der Waals surface area contributed by atoms with Crippen LogP contribution < -0.4 is 5.32 Å². The van der Waals surface area contributed by atoms with Crippen molar-refractivity contribution in [1.82, 2.24) is 14.8 Å². The average molecular weight is 388 g/mol. The minimum Gasteiger partial charge on any atom is -0.325 e. The van der Waals surface area contributed by atoms with Crippen molar-refractivity contribution in [3.63, 3.8) is 0 Å². The molecule has 28 heavy (non-hydrogen) atoms. The summed E-state index contributed by atoms with van der Waals surface area (Å²) >= 11 is 1.39. The zero-order chi connectivity index (χ0) is 19.3. The Balaban J connectivity index is 1.36. The molecule has 1 heterocycles. The van der Waals surface area contributed by atoms with Gasteiger partial charge in [-0.25, -0.2) is 0 Å². The molecule has 1 aromatic heterocycles. The summed E-state index contributed by atoms with van der Waals surface area (Å²) in [5, 5.41) is 14.4. The Bertz CT molecular complexity index is 1110. The Hall–Kier alpha value is -3.12. The topological polar surface area (TPSA) is 59.8 Å². The van der Waals surface area contributed by atoms with E-state index in [4.69, 9.17) is 0 Å². The van der Waals surface area contributed by atoms with Crippen LogP contribution in [-0.4, -0.2) is 26.4 Å². The molecule has 0 fully saturated rings. The molecule has 0 aliphatic carbocycles. The van der Waals surface area contributed by atoms with E-state index in [0.29, 0.717) is 6.42 Å². The number of carbonyl (C=O) groups is 1. The minimum absolute atomic E-state index is 0.0621. The lowest BCUT2D eigenvalue weighted by Crippen LogP contribution is -2.14. The average Bonchev–Trinajstić information content (AvgIpc) is 3.06. The first kappa shape index (κ1) is 18.3. The molecule has 4 aromatic rings. The summed E-state index contributed by atoms with van der Waals surface area (Å²) < 4.78 is 1.95. The standard InChI is InChI=1S/C22H20N4OS/c1-26-20(13-16-7-3-2-4-8-16)24-25-22(26)28-15-21(27)23-19-12-11-17-9-5-6-10-18(17)14-19/h2-12,14H,13,15H2,1H3,(H,23,27). The van der Waals surface area contributed by atoms with Gasteiger partial charge in [-0.05, 0) is 28.5 Å². The van der Waals surface area contributed by atoms with Gasteiger partial charge in [0, 0.05) is 19.2 Å². The van der Waals surface area contributed by atoms with Crippen molar-refractivity contribution in [2.24, 2.45) is 7.05 Å². The number of benzene rings is 3. The predicted molar refractivity (Wildman–Crippen MR) is 114 cm³/mol. The zero-order valence-corrected chi connectivity index (χ0v) is 16.3. The van der Waals surface area contributed by atoms with Crippen LogP contribution in [-0.2, 0) is 18.3 Å². The fourth-order valence-electron chi connectivity index (χ4n) is 3.00. The Morgan fingerprint density at radius 2 is 1.71 bits per heavy atom. The van der Waals surface area contributed by atoms with Crippen LogP contribution in [0.3, 0.4) is 0 Å². The van der Waals surface area contributed by atoms with Crippen LogP contribution in [0.4, 0.5) is 5.69 Å². The van der Waals surface area contributed by atoms with Gasteiger partial charge in [0.15, 0.2) is 5.16 Å². The molecule has 0 unspecified atom stereocenters. The fourth-order valence-corrected chi connectivity index (χ4v) is 3.73. The number of nitrogens with zero attached hydrogens (tertiary/aromatic N) is 3. The smallest absolute Gasteiger partial charge is 0.234 e. The lowest BCUT2D eigenvalue weighted by Gasteiger charge is -2.07. The summed E-state index contributed by atoms with van der Waals surface area (Å²) in [5.74, 6) is 1.10. The number of carbonyl (C=O) groups excluding carboxylic acids is 1. The van der Waals surface area contributed by atoms with Crippen molar-refractivity contribution in [2.75, 3.05) is 11.1 Å². The van der Waals surface area contributed by atoms with Gasteiger partial charge in [0.05, 0.1) is 5.75 Å². The maximum atomic E-state index is 12.3. The minimum atomic E-state index is -0.0621. The lowest BCUT2D eigenvalue weighted by molar-refractivity contribution is -0.113. The Morgan fingerprint density at radius 3 is 2.54 bits per heavy atom. The third-order valence-electron chi connectivity index (χ3n) is 4.50. The highest BCUT2D eigenvalue weighted by Gasteiger charge is 2.12. The van der Waals surface area contributed by atoms with E-state index in [-0.39, 0.29) is 11.7 Å². The number of rotatable bonds is 6. The molecule has 6 heteroatoms. The van der Waals surface area contributed by atoms with Gasteiger partial charge in [-0.3, -0.25) is 4.79 Å². The van der Waals surface area contributed by atoms with Crippen molar-refractivity contribution in [3.05, 3.63) is 84.2 Å². The quantitative estimate of drug-likeness (QED) is 0.501. The molecular weight excluding hydrogens is 368 g/mol. The number of amides is 1. The van der Waals surface area contributed by atoms with Crippen molar-refractivity contribution < 1.29 is 4.79 Å². The normalized spacial score (nSPS) is 10.9. The maximum absolute atomic E-state index is 12.3. The van der Waals surface area contributed by atoms with Gasteiger partial charge in [-0.15, -0.1) is 10.2 Å². The number of hydrogen-bond acceptors (Lipinski definition) is 4. The fraction of sp³-hybridized carbons (Fsp3) is 0.136. The molecule has 0 saturated heterocycles. The monoisotopic (exact) mass is 388 g/mol. The molecule has 140 valence electrons. The number of nitrogens with one attached hydrogen (secondary N) is 1. The second-order valence-corrected chi connectivity index (χ2v) is 7.46. The second kappa shape index (κ2) is 8.27. The van der Waals surface area contributed by atoms with Crippen LogP contribution in [0.15, 0.2) is 78.0 Å². The summed E-state index contributed by atoms with van der Waals surface area (Å²) in [4.78, 5) is 12.3. The van der Waals surface area contributed by atoms with Gasteiger partial charge in [0.25, 0.3) is 0 Å². The molecule has 0 bridgehead atoms. The van der Waals surface area contributed by atoms with E-state index >= 15 is 0 Å². The largest absolute Gasteiger partial charge is 0.325 e. The summed E-state index contributed by atoms with van der Waals surface area (Å²) in [5.41, 5.74) is 1.98. The lowest BCUT2D eigenvalue weighted by atomic mass is 10.1. The highest BCUT2D eigenvalue weighted by Crippen LogP contribution is 2.20. The van der Waals surface area contributed by atoms with E-state index in [0.717, 1.165) is 27.4 Å². The highest BCUT2D eigenvalue weighted by molar-refractivity contribution is 7.99. The number of thioether (sulfide) groups is 1. The van der Waals surface area contributed by atoms with E-state index in [1.807, 2.05) is 66.2 Å². The van der Waals surface area contributed by atoms with Crippen molar-refractivity contribution >= 4 is 34.1 Å². The van der Waals surface area contributed by atoms with Crippen molar-refractivity contribution in [2.45, 2.75) is 11.6 Å². The first-order valence-electron chi connectivity index (χ1n) is 9.03. The molecule has 0 atom stereocenters. The summed E-state index contributed by atoms with van der Waals surface area (Å²) in [6.45, 7) is 0. The molecular formula is C22H20N4OS. The molecule has 5 nitrogen and oxygen atoms in total. The Labute approximate surface area is 167 Å². The molecule has 0 saturated carbocycles. The first-order chi connectivity index (χ1) is 13.7. The van der Waals surface area contributed by atoms with E-state index in [9.17, 15) is 4.79 Å². The molecule has 4 rings (SSSR count). The van der Waals surface area contributed by atoms with E-state index in [1.54, 1.807) is 0 Å². The third kappa shape index (κ3) is 4.23. The zero-order valence-electron chi connectivity index (χ0n) is 15.5. The molecule has 0 aliphatic heterocycles. The number of aromatic nitrogens is 3. The maximum Gasteiger partial charge on any atom is 0.234 e. The van der Waals surface area contributed by atoms with Gasteiger partial charge in [-0.2, -0.15) is 0 Å². The van der Waals surface area contributed by atoms with Gasteiger partial charge in [-0.1, -0.05) is 72.4 Å². The summed E-state index contributed by atoms with van der Waals surface area (Å²) in [6.07, 6.45) is 0.716. The van der Waals surface area contributed by atoms with Gasteiger partial charge in [0.1, 0.15) is 5.82 Å². The molecule has 1 N–H and O–H groups in total. The van der Waals surface area contributed by atoms with E-state index in [2.05, 4.69) is 33.7 Å². The van der Waals surface area contributed by atoms with Crippen LogP contribution in [0.2, 0.25) is 0 Å². The Morgan fingerprint density at radius 1 is 0.964 bits per heavy atom. The predicted octanol–water partition coefficient (Wildman–Crippen LogP) is 4.29. The number of fused-ring (bicyclic) bond motifs is 1. The van der Waals surface area contributed by atoms with Crippen LogP contribution in [0, 0.1) is 0 Å². The number of hydrogen-bond donors (Lipinski definition) is 1. The molecule has 0 radical (unpaired) electrons. The molecule has 0 aliphatic rings. The van der Waals surface area contributed by atoms with Crippen molar-refractivity contribution in [3.8, 4) is 0 Å². The molecule has 3 aromatic carbocycles. The van der Waals surface area contributed by atoms with Gasteiger partial charge in [0.2, 0.25) is 5.91 Å². The molecule has 1 amide bonds.